The Hall–Kier alpha value is -0.980. The van der Waals surface area contributed by atoms with E-state index in [0.717, 1.165) is 44.4 Å². The van der Waals surface area contributed by atoms with E-state index >= 15 is 0 Å². The summed E-state index contributed by atoms with van der Waals surface area (Å²) in [5.74, 6) is 1.90. The third kappa shape index (κ3) is 3.02. The normalized spacial score (nSPS) is 21.1. The van der Waals surface area contributed by atoms with Crippen LogP contribution in [0.3, 0.4) is 0 Å². The number of aryl methyl sites for hydroxylation is 1. The van der Waals surface area contributed by atoms with Crippen LogP contribution < -0.4 is 5.32 Å². The quantitative estimate of drug-likeness (QED) is 0.789. The number of morpholine rings is 1. The molecule has 1 fully saturated rings. The summed E-state index contributed by atoms with van der Waals surface area (Å²) in [6.07, 6.45) is 0.0344. The molecule has 1 aromatic rings. The highest BCUT2D eigenvalue weighted by Gasteiger charge is 2.22. The van der Waals surface area contributed by atoms with Gasteiger partial charge in [-0.3, -0.25) is 0 Å². The van der Waals surface area contributed by atoms with Crippen molar-refractivity contribution in [2.24, 2.45) is 0 Å². The molecule has 0 spiro atoms. The zero-order chi connectivity index (χ0) is 12.3. The van der Waals surface area contributed by atoms with Gasteiger partial charge in [-0.25, -0.2) is 0 Å². The van der Waals surface area contributed by atoms with Crippen molar-refractivity contribution in [2.75, 3.05) is 40.3 Å². The highest BCUT2D eigenvalue weighted by atomic mass is 16.5. The minimum absolute atomic E-state index is 0.0344. The van der Waals surface area contributed by atoms with Crippen molar-refractivity contribution in [1.82, 2.24) is 25.0 Å². The van der Waals surface area contributed by atoms with E-state index in [4.69, 9.17) is 4.74 Å². The molecule has 1 saturated heterocycles. The molecule has 0 aromatic carbocycles. The first-order valence-electron chi connectivity index (χ1n) is 6.05. The van der Waals surface area contributed by atoms with E-state index in [9.17, 15) is 0 Å². The molecule has 1 N–H and O–H groups in total. The van der Waals surface area contributed by atoms with Gasteiger partial charge in [0, 0.05) is 26.2 Å². The Morgan fingerprint density at radius 2 is 2.29 bits per heavy atom. The van der Waals surface area contributed by atoms with Crippen LogP contribution >= 0.6 is 0 Å². The van der Waals surface area contributed by atoms with Gasteiger partial charge in [-0.05, 0) is 21.0 Å². The summed E-state index contributed by atoms with van der Waals surface area (Å²) in [4.78, 5) is 2.16. The third-order valence-corrected chi connectivity index (χ3v) is 2.95. The molecule has 0 aliphatic carbocycles. The maximum absolute atomic E-state index is 5.73. The Labute approximate surface area is 102 Å². The van der Waals surface area contributed by atoms with E-state index in [1.807, 2.05) is 6.92 Å². The minimum Gasteiger partial charge on any atom is -0.368 e. The fraction of sp³-hybridized carbons (Fsp3) is 0.818. The van der Waals surface area contributed by atoms with E-state index < -0.39 is 0 Å². The van der Waals surface area contributed by atoms with Crippen molar-refractivity contribution in [3.05, 3.63) is 11.6 Å². The zero-order valence-corrected chi connectivity index (χ0v) is 10.8. The first-order valence-corrected chi connectivity index (χ1v) is 6.05. The molecule has 1 aliphatic heterocycles. The Bertz CT molecular complexity index is 357. The van der Waals surface area contributed by atoms with Crippen LogP contribution in [-0.2, 0) is 11.3 Å². The second-order valence-corrected chi connectivity index (χ2v) is 4.62. The topological polar surface area (TPSA) is 55.2 Å². The Balaban J connectivity index is 2.10. The maximum atomic E-state index is 5.73. The van der Waals surface area contributed by atoms with Crippen LogP contribution in [0.1, 0.15) is 17.8 Å². The predicted molar refractivity (Wildman–Crippen MR) is 64.9 cm³/mol. The van der Waals surface area contributed by atoms with E-state index in [1.54, 1.807) is 0 Å². The highest BCUT2D eigenvalue weighted by Crippen LogP contribution is 2.17. The number of rotatable bonds is 4. The van der Waals surface area contributed by atoms with E-state index in [0.29, 0.717) is 0 Å². The lowest BCUT2D eigenvalue weighted by Crippen LogP contribution is -2.35. The number of likely N-dealkylation sites (N-methyl/N-ethyl adjacent to an activating group) is 1. The number of nitrogens with zero attached hydrogens (tertiary/aromatic N) is 4. The van der Waals surface area contributed by atoms with Gasteiger partial charge in [-0.2, -0.15) is 0 Å². The molecule has 1 aromatic heterocycles. The molecule has 0 radical (unpaired) electrons. The summed E-state index contributed by atoms with van der Waals surface area (Å²) in [6.45, 7) is 6.35. The van der Waals surface area contributed by atoms with Crippen molar-refractivity contribution >= 4 is 0 Å². The number of nitrogens with one attached hydrogen (secondary N) is 1. The Morgan fingerprint density at radius 3 is 2.94 bits per heavy atom. The van der Waals surface area contributed by atoms with Gasteiger partial charge in [-0.1, -0.05) is 0 Å². The van der Waals surface area contributed by atoms with Crippen molar-refractivity contribution < 1.29 is 4.74 Å². The molecule has 0 saturated carbocycles. The summed E-state index contributed by atoms with van der Waals surface area (Å²) < 4.78 is 7.88. The fourth-order valence-corrected chi connectivity index (χ4v) is 1.94. The minimum atomic E-state index is 0.0344. The van der Waals surface area contributed by atoms with Gasteiger partial charge < -0.3 is 19.5 Å². The molecule has 2 heterocycles. The summed E-state index contributed by atoms with van der Waals surface area (Å²) in [5, 5.41) is 11.7. The van der Waals surface area contributed by atoms with Gasteiger partial charge in [0.2, 0.25) is 0 Å². The van der Waals surface area contributed by atoms with Crippen LogP contribution in [0.5, 0.6) is 0 Å². The molecule has 1 atom stereocenters. The molecule has 0 bridgehead atoms. The lowest BCUT2D eigenvalue weighted by molar-refractivity contribution is 0.0195. The lowest BCUT2D eigenvalue weighted by atomic mass is 10.3. The van der Waals surface area contributed by atoms with Gasteiger partial charge in [0.05, 0.1) is 6.61 Å². The van der Waals surface area contributed by atoms with Crippen molar-refractivity contribution in [1.29, 1.82) is 0 Å². The largest absolute Gasteiger partial charge is 0.368 e. The summed E-state index contributed by atoms with van der Waals surface area (Å²) in [5.41, 5.74) is 0. The molecule has 17 heavy (non-hydrogen) atoms. The van der Waals surface area contributed by atoms with Crippen molar-refractivity contribution in [3.63, 3.8) is 0 Å². The average molecular weight is 239 g/mol. The van der Waals surface area contributed by atoms with Crippen LogP contribution in [0.4, 0.5) is 0 Å². The van der Waals surface area contributed by atoms with E-state index in [2.05, 4.69) is 39.1 Å². The highest BCUT2D eigenvalue weighted by molar-refractivity contribution is 5.00. The predicted octanol–water partition coefficient (Wildman–Crippen LogP) is -0.191. The van der Waals surface area contributed by atoms with Crippen LogP contribution in [-0.4, -0.2) is 60.0 Å². The van der Waals surface area contributed by atoms with Crippen LogP contribution in [0.15, 0.2) is 0 Å². The SMILES string of the molecule is Cc1nnc(C2CNCCO2)n1CCN(C)C. The fourth-order valence-electron chi connectivity index (χ4n) is 1.94. The second-order valence-electron chi connectivity index (χ2n) is 4.62. The molecule has 6 heteroatoms. The van der Waals surface area contributed by atoms with Crippen LogP contribution in [0.25, 0.3) is 0 Å². The summed E-state index contributed by atoms with van der Waals surface area (Å²) in [7, 11) is 4.13. The van der Waals surface area contributed by atoms with Crippen molar-refractivity contribution in [2.45, 2.75) is 19.6 Å². The molecular formula is C11H21N5O. The average Bonchev–Trinajstić information content (AvgIpc) is 2.69. The van der Waals surface area contributed by atoms with Gasteiger partial charge in [0.1, 0.15) is 11.9 Å². The maximum Gasteiger partial charge on any atom is 0.163 e. The van der Waals surface area contributed by atoms with Gasteiger partial charge >= 0.3 is 0 Å². The zero-order valence-electron chi connectivity index (χ0n) is 10.8. The number of hydrogen-bond acceptors (Lipinski definition) is 5. The molecular weight excluding hydrogens is 218 g/mol. The standard InChI is InChI=1S/C11H21N5O/c1-9-13-14-11(10-8-12-4-7-17-10)16(9)6-5-15(2)3/h10,12H,4-8H2,1-3H3. The molecule has 1 aliphatic rings. The van der Waals surface area contributed by atoms with E-state index in [1.165, 1.54) is 0 Å². The number of aromatic nitrogens is 3. The summed E-state index contributed by atoms with van der Waals surface area (Å²) >= 11 is 0. The third-order valence-electron chi connectivity index (χ3n) is 2.95. The first-order chi connectivity index (χ1) is 8.18. The smallest absolute Gasteiger partial charge is 0.163 e. The van der Waals surface area contributed by atoms with Crippen LogP contribution in [0.2, 0.25) is 0 Å². The molecule has 0 amide bonds. The van der Waals surface area contributed by atoms with Gasteiger partial charge in [-0.15, -0.1) is 10.2 Å². The second kappa shape index (κ2) is 5.57. The molecule has 1 unspecified atom stereocenters. The molecule has 6 nitrogen and oxygen atoms in total. The van der Waals surface area contributed by atoms with Gasteiger partial charge in [0.15, 0.2) is 5.82 Å². The monoisotopic (exact) mass is 239 g/mol. The molecule has 2 rings (SSSR count). The number of hydrogen-bond donors (Lipinski definition) is 1. The Morgan fingerprint density at radius 1 is 1.47 bits per heavy atom. The Kier molecular flexibility index (Phi) is 4.09. The first kappa shape index (κ1) is 12.5. The lowest BCUT2D eigenvalue weighted by Gasteiger charge is -2.24. The van der Waals surface area contributed by atoms with E-state index in [-0.39, 0.29) is 6.10 Å². The van der Waals surface area contributed by atoms with Gasteiger partial charge in [0.25, 0.3) is 0 Å². The molecule has 96 valence electrons. The number of ether oxygens (including phenoxy) is 1. The van der Waals surface area contributed by atoms with Crippen molar-refractivity contribution in [3.8, 4) is 0 Å². The summed E-state index contributed by atoms with van der Waals surface area (Å²) in [6, 6.07) is 0. The van der Waals surface area contributed by atoms with Crippen LogP contribution in [0, 0.1) is 6.92 Å².